The summed E-state index contributed by atoms with van der Waals surface area (Å²) in [6.07, 6.45) is 7.93. The van der Waals surface area contributed by atoms with Crippen molar-refractivity contribution < 1.29 is 14.3 Å². The maximum absolute atomic E-state index is 13.1. The molecular formula is C28H33N7O3. The van der Waals surface area contributed by atoms with Crippen molar-refractivity contribution in [1.29, 1.82) is 0 Å². The van der Waals surface area contributed by atoms with Gasteiger partial charge in [0.25, 0.3) is 11.8 Å². The van der Waals surface area contributed by atoms with Crippen molar-refractivity contribution >= 4 is 40.2 Å². The number of hydrogen-bond donors (Lipinski definition) is 3. The van der Waals surface area contributed by atoms with E-state index in [1.54, 1.807) is 12.1 Å². The van der Waals surface area contributed by atoms with Crippen LogP contribution in [0, 0.1) is 0 Å². The van der Waals surface area contributed by atoms with Gasteiger partial charge in [0.05, 0.1) is 30.6 Å². The van der Waals surface area contributed by atoms with Crippen molar-refractivity contribution in [3.63, 3.8) is 0 Å². The summed E-state index contributed by atoms with van der Waals surface area (Å²) in [5.41, 5.74) is 3.99. The first-order valence-corrected chi connectivity index (χ1v) is 13.2. The molecule has 3 aromatic rings. The number of aromatic amines is 1. The maximum atomic E-state index is 13.1. The van der Waals surface area contributed by atoms with Crippen LogP contribution in [0.2, 0.25) is 0 Å². The number of rotatable bonds is 8. The van der Waals surface area contributed by atoms with E-state index in [-0.39, 0.29) is 23.9 Å². The number of hydrogen-bond acceptors (Lipinski definition) is 7. The molecule has 1 fully saturated rings. The second kappa shape index (κ2) is 11.7. The topological polar surface area (TPSA) is 125 Å². The predicted molar refractivity (Wildman–Crippen MR) is 147 cm³/mol. The highest BCUT2D eigenvalue weighted by Crippen LogP contribution is 2.28. The lowest BCUT2D eigenvalue weighted by atomic mass is 9.96. The number of fused-ring (bicyclic) bond motifs is 1. The molecule has 1 saturated heterocycles. The lowest BCUT2D eigenvalue weighted by Crippen LogP contribution is -2.44. The largest absolute Gasteiger partial charge is 0.379 e. The lowest BCUT2D eigenvalue weighted by molar-refractivity contribution is 0.0303. The monoisotopic (exact) mass is 515 g/mol. The van der Waals surface area contributed by atoms with Gasteiger partial charge in [0.2, 0.25) is 0 Å². The summed E-state index contributed by atoms with van der Waals surface area (Å²) >= 11 is 0. The van der Waals surface area contributed by atoms with Gasteiger partial charge in [-0.2, -0.15) is 5.10 Å². The Balaban J connectivity index is 1.29. The van der Waals surface area contributed by atoms with Crippen LogP contribution in [0.3, 0.4) is 0 Å². The van der Waals surface area contributed by atoms with Crippen molar-refractivity contribution in [2.75, 3.05) is 31.6 Å². The maximum Gasteiger partial charge on any atom is 0.276 e. The Labute approximate surface area is 221 Å². The number of carbonyl (C=O) groups excluding carboxylic acids is 2. The second-order valence-corrected chi connectivity index (χ2v) is 9.58. The van der Waals surface area contributed by atoms with Crippen LogP contribution in [0.5, 0.6) is 0 Å². The van der Waals surface area contributed by atoms with Gasteiger partial charge in [0, 0.05) is 43.0 Å². The van der Waals surface area contributed by atoms with E-state index in [1.165, 1.54) is 6.20 Å². The van der Waals surface area contributed by atoms with Crippen LogP contribution < -0.4 is 10.6 Å². The van der Waals surface area contributed by atoms with Crippen LogP contribution in [-0.2, 0) is 4.74 Å². The van der Waals surface area contributed by atoms with Crippen LogP contribution in [-0.4, -0.2) is 76.5 Å². The van der Waals surface area contributed by atoms with Crippen LogP contribution in [0.4, 0.5) is 5.69 Å². The number of carbonyl (C=O) groups is 2. The van der Waals surface area contributed by atoms with Gasteiger partial charge in [-0.25, -0.2) is 4.98 Å². The summed E-state index contributed by atoms with van der Waals surface area (Å²) < 4.78 is 5.49. The number of morpholine rings is 1. The molecule has 1 atom stereocenters. The molecule has 2 aromatic heterocycles. The number of ether oxygens (including phenoxy) is 1. The summed E-state index contributed by atoms with van der Waals surface area (Å²) in [4.78, 5) is 36.7. The van der Waals surface area contributed by atoms with Gasteiger partial charge < -0.3 is 15.4 Å². The van der Waals surface area contributed by atoms with E-state index in [1.807, 2.05) is 44.5 Å². The van der Waals surface area contributed by atoms with Gasteiger partial charge in [0.1, 0.15) is 5.69 Å². The second-order valence-electron chi connectivity index (χ2n) is 9.58. The average Bonchev–Trinajstić information content (AvgIpc) is 3.40. The summed E-state index contributed by atoms with van der Waals surface area (Å²) in [6.45, 7) is 7.34. The van der Waals surface area contributed by atoms with Gasteiger partial charge in [-0.3, -0.25) is 24.6 Å². The molecular weight excluding hydrogens is 482 g/mol. The number of nitrogens with one attached hydrogen (secondary N) is 3. The minimum absolute atomic E-state index is 0.114. The minimum Gasteiger partial charge on any atom is -0.379 e. The third-order valence-corrected chi connectivity index (χ3v) is 7.16. The number of nitrogens with zero attached hydrogens (tertiary/aromatic N) is 4. The summed E-state index contributed by atoms with van der Waals surface area (Å²) in [5.74, 6) is -0.578. The fourth-order valence-electron chi connectivity index (χ4n) is 4.82. The first-order chi connectivity index (χ1) is 18.6. The number of amides is 2. The average molecular weight is 516 g/mol. The zero-order valence-electron chi connectivity index (χ0n) is 21.7. The molecule has 4 heterocycles. The standard InChI is InChI=1S/C28H33N7O3/c1-3-20(4-2)31-27(36)25-8-6-21(16-30-25)32-28(37)26-23-14-18(5-7-24(23)33-34-26)19-13-22(17-29-15-19)35-9-11-38-12-10-35/h5-8,14-17,20,22H,3-4,9-13H2,1-2H3,(H,31,36)(H,32,37)(H,33,34). The molecule has 2 aliphatic rings. The summed E-state index contributed by atoms with van der Waals surface area (Å²) in [6, 6.07) is 9.57. The highest BCUT2D eigenvalue weighted by molar-refractivity contribution is 6.11. The third kappa shape index (κ3) is 5.66. The lowest BCUT2D eigenvalue weighted by Gasteiger charge is -2.33. The first kappa shape index (κ1) is 25.7. The van der Waals surface area contributed by atoms with Gasteiger partial charge in [0.15, 0.2) is 5.69 Å². The molecule has 1 aromatic carbocycles. The molecule has 5 rings (SSSR count). The summed E-state index contributed by atoms with van der Waals surface area (Å²) in [5, 5.41) is 13.8. The summed E-state index contributed by atoms with van der Waals surface area (Å²) in [7, 11) is 0. The Morgan fingerprint density at radius 2 is 1.95 bits per heavy atom. The van der Waals surface area contributed by atoms with E-state index in [0.717, 1.165) is 67.6 Å². The van der Waals surface area contributed by atoms with Gasteiger partial charge in [-0.05, 0) is 54.7 Å². The van der Waals surface area contributed by atoms with Crippen molar-refractivity contribution in [3.05, 3.63) is 59.7 Å². The first-order valence-electron chi connectivity index (χ1n) is 13.2. The Kier molecular flexibility index (Phi) is 7.90. The van der Waals surface area contributed by atoms with E-state index in [4.69, 9.17) is 4.74 Å². The van der Waals surface area contributed by atoms with E-state index in [9.17, 15) is 9.59 Å². The van der Waals surface area contributed by atoms with Crippen LogP contribution >= 0.6 is 0 Å². The Bertz CT molecular complexity index is 1350. The van der Waals surface area contributed by atoms with E-state index >= 15 is 0 Å². The number of anilines is 1. The van der Waals surface area contributed by atoms with E-state index < -0.39 is 0 Å². The van der Waals surface area contributed by atoms with Crippen molar-refractivity contribution in [2.24, 2.45) is 4.99 Å². The number of aliphatic imine (C=N–C) groups is 1. The molecule has 0 bridgehead atoms. The van der Waals surface area contributed by atoms with Crippen molar-refractivity contribution in [2.45, 2.75) is 45.2 Å². The third-order valence-electron chi connectivity index (χ3n) is 7.16. The SMILES string of the molecule is CCC(CC)NC(=O)c1ccc(NC(=O)c2n[nH]c3ccc(C4=CN=CC(N5CCOCC5)C4)cc23)cn1. The van der Waals surface area contributed by atoms with E-state index in [0.29, 0.717) is 17.1 Å². The van der Waals surface area contributed by atoms with Gasteiger partial charge in [-0.1, -0.05) is 19.9 Å². The zero-order chi connectivity index (χ0) is 26.5. The molecule has 0 aliphatic carbocycles. The quantitative estimate of drug-likeness (QED) is 0.421. The molecule has 198 valence electrons. The molecule has 2 aliphatic heterocycles. The van der Waals surface area contributed by atoms with E-state index in [2.05, 4.69) is 35.7 Å². The smallest absolute Gasteiger partial charge is 0.276 e. The highest BCUT2D eigenvalue weighted by Gasteiger charge is 2.24. The Hall–Kier alpha value is -3.89. The molecule has 0 saturated carbocycles. The van der Waals surface area contributed by atoms with Crippen LogP contribution in [0.1, 0.15) is 59.7 Å². The number of pyridine rings is 1. The molecule has 10 nitrogen and oxygen atoms in total. The number of aromatic nitrogens is 3. The molecule has 2 amide bonds. The zero-order valence-corrected chi connectivity index (χ0v) is 21.7. The Morgan fingerprint density at radius 1 is 1.13 bits per heavy atom. The molecule has 0 spiro atoms. The van der Waals surface area contributed by atoms with Crippen molar-refractivity contribution in [1.82, 2.24) is 25.4 Å². The fourth-order valence-corrected chi connectivity index (χ4v) is 4.82. The molecule has 1 unspecified atom stereocenters. The molecule has 38 heavy (non-hydrogen) atoms. The minimum atomic E-state index is -0.355. The number of benzene rings is 1. The normalized spacial score (nSPS) is 18.0. The fraction of sp³-hybridized carbons (Fsp3) is 0.393. The predicted octanol–water partition coefficient (Wildman–Crippen LogP) is 3.64. The molecule has 10 heteroatoms. The van der Waals surface area contributed by atoms with Crippen molar-refractivity contribution in [3.8, 4) is 0 Å². The van der Waals surface area contributed by atoms with Gasteiger partial charge in [-0.15, -0.1) is 0 Å². The van der Waals surface area contributed by atoms with Crippen LogP contribution in [0.15, 0.2) is 47.7 Å². The molecule has 0 radical (unpaired) electrons. The van der Waals surface area contributed by atoms with Crippen LogP contribution in [0.25, 0.3) is 16.5 Å². The number of H-pyrrole nitrogens is 1. The Morgan fingerprint density at radius 3 is 2.68 bits per heavy atom. The highest BCUT2D eigenvalue weighted by atomic mass is 16.5. The van der Waals surface area contributed by atoms with Gasteiger partial charge >= 0.3 is 0 Å². The molecule has 3 N–H and O–H groups in total.